The Morgan fingerprint density at radius 3 is 2.71 bits per heavy atom. The third-order valence-corrected chi connectivity index (χ3v) is 5.00. The van der Waals surface area contributed by atoms with Crippen LogP contribution in [0.5, 0.6) is 5.88 Å². The van der Waals surface area contributed by atoms with Gasteiger partial charge >= 0.3 is 0 Å². The number of nitriles is 1. The van der Waals surface area contributed by atoms with Crippen LogP contribution in [0.1, 0.15) is 42.4 Å². The molecule has 0 spiro atoms. The fourth-order valence-electron chi connectivity index (χ4n) is 3.66. The summed E-state index contributed by atoms with van der Waals surface area (Å²) < 4.78 is 9.34. The summed E-state index contributed by atoms with van der Waals surface area (Å²) in [5.74, 6) is 2.05. The van der Waals surface area contributed by atoms with Gasteiger partial charge in [-0.15, -0.1) is 0 Å². The lowest BCUT2D eigenvalue weighted by atomic mass is 9.84. The van der Waals surface area contributed by atoms with Crippen LogP contribution in [0.15, 0.2) is 42.2 Å². The molecule has 8 heteroatoms. The molecule has 0 fully saturated rings. The zero-order valence-electron chi connectivity index (χ0n) is 16.0. The summed E-state index contributed by atoms with van der Waals surface area (Å²) in [5.41, 5.74) is 9.06. The van der Waals surface area contributed by atoms with Crippen molar-refractivity contribution in [1.29, 1.82) is 5.26 Å². The number of allylic oxidation sites excluding steroid dienone is 1. The molecule has 1 unspecified atom stereocenters. The highest BCUT2D eigenvalue weighted by Crippen LogP contribution is 2.43. The van der Waals surface area contributed by atoms with Crippen molar-refractivity contribution in [2.45, 2.75) is 32.6 Å². The third-order valence-electron chi connectivity index (χ3n) is 5.00. The van der Waals surface area contributed by atoms with Crippen LogP contribution >= 0.6 is 0 Å². The van der Waals surface area contributed by atoms with E-state index in [1.807, 2.05) is 36.9 Å². The molecule has 1 aliphatic heterocycles. The Kier molecular flexibility index (Phi) is 4.35. The number of ether oxygens (including phenoxy) is 1. The molecule has 0 saturated heterocycles. The van der Waals surface area contributed by atoms with Crippen LogP contribution in [0.2, 0.25) is 0 Å². The van der Waals surface area contributed by atoms with Crippen molar-refractivity contribution in [2.75, 3.05) is 0 Å². The molecule has 2 N–H and O–H groups in total. The number of imidazole rings is 1. The van der Waals surface area contributed by atoms with Crippen LogP contribution < -0.4 is 10.5 Å². The molecule has 4 heterocycles. The first-order valence-corrected chi connectivity index (χ1v) is 9.20. The number of nitrogens with zero attached hydrogens (tertiary/aromatic N) is 6. The van der Waals surface area contributed by atoms with Crippen molar-refractivity contribution in [3.8, 4) is 17.8 Å². The molecule has 28 heavy (non-hydrogen) atoms. The Hall–Kier alpha value is -3.60. The van der Waals surface area contributed by atoms with E-state index < -0.39 is 0 Å². The topological polar surface area (TPSA) is 108 Å². The molecular formula is C20H21N7O. The Balaban J connectivity index is 1.83. The van der Waals surface area contributed by atoms with Crippen LogP contribution in [0.25, 0.3) is 5.82 Å². The van der Waals surface area contributed by atoms with Crippen LogP contribution in [-0.4, -0.2) is 24.3 Å². The van der Waals surface area contributed by atoms with Crippen molar-refractivity contribution in [2.24, 2.45) is 12.8 Å². The molecule has 0 amide bonds. The fraction of sp³-hybridized carbons (Fsp3) is 0.300. The Labute approximate surface area is 162 Å². The average Bonchev–Trinajstić information content (AvgIpc) is 3.31. The predicted octanol–water partition coefficient (Wildman–Crippen LogP) is 2.34. The molecule has 8 nitrogen and oxygen atoms in total. The molecule has 3 aromatic heterocycles. The standard InChI is InChI=1S/C20H21N7O/c1-4-14-18-17(13(10-21)19(22)28-20(18)26(3)25-14)12-6-7-16(24-11-12)27-9-8-23-15(27)5-2/h6-9,11,17H,4-5,22H2,1-3H3. The molecule has 0 radical (unpaired) electrons. The van der Waals surface area contributed by atoms with Crippen molar-refractivity contribution < 1.29 is 4.74 Å². The highest BCUT2D eigenvalue weighted by Gasteiger charge is 2.36. The molecular weight excluding hydrogens is 354 g/mol. The smallest absolute Gasteiger partial charge is 0.224 e. The molecule has 1 atom stereocenters. The molecule has 3 aromatic rings. The minimum atomic E-state index is -0.354. The first-order valence-electron chi connectivity index (χ1n) is 9.20. The van der Waals surface area contributed by atoms with E-state index in [1.165, 1.54) is 0 Å². The number of nitrogens with two attached hydrogens (primary N) is 1. The summed E-state index contributed by atoms with van der Waals surface area (Å²) >= 11 is 0. The van der Waals surface area contributed by atoms with Crippen LogP contribution in [0.3, 0.4) is 0 Å². The maximum absolute atomic E-state index is 9.73. The summed E-state index contributed by atoms with van der Waals surface area (Å²) in [6, 6.07) is 6.11. The summed E-state index contributed by atoms with van der Waals surface area (Å²) in [7, 11) is 1.81. The molecule has 0 aliphatic carbocycles. The fourth-order valence-corrected chi connectivity index (χ4v) is 3.66. The van der Waals surface area contributed by atoms with Crippen LogP contribution in [0, 0.1) is 11.3 Å². The van der Waals surface area contributed by atoms with Crippen LogP contribution in [-0.2, 0) is 19.9 Å². The van der Waals surface area contributed by atoms with E-state index >= 15 is 0 Å². The zero-order valence-corrected chi connectivity index (χ0v) is 16.0. The molecule has 0 saturated carbocycles. The summed E-state index contributed by atoms with van der Waals surface area (Å²) in [6.45, 7) is 4.08. The second-order valence-electron chi connectivity index (χ2n) is 6.58. The Morgan fingerprint density at radius 2 is 2.07 bits per heavy atom. The number of aromatic nitrogens is 5. The van der Waals surface area contributed by atoms with E-state index in [1.54, 1.807) is 17.1 Å². The second kappa shape index (κ2) is 6.85. The minimum absolute atomic E-state index is 0.109. The van der Waals surface area contributed by atoms with E-state index in [-0.39, 0.29) is 11.8 Å². The molecule has 0 bridgehead atoms. The molecule has 142 valence electrons. The molecule has 0 aromatic carbocycles. The maximum Gasteiger partial charge on any atom is 0.224 e. The van der Waals surface area contributed by atoms with Gasteiger partial charge in [0.25, 0.3) is 0 Å². The lowest BCUT2D eigenvalue weighted by molar-refractivity contribution is 0.358. The van der Waals surface area contributed by atoms with Crippen molar-refractivity contribution in [3.05, 3.63) is 64.8 Å². The lowest BCUT2D eigenvalue weighted by Gasteiger charge is -2.24. The molecule has 1 aliphatic rings. The normalized spacial score (nSPS) is 15.9. The molecule has 4 rings (SSSR count). The van der Waals surface area contributed by atoms with E-state index in [0.29, 0.717) is 11.5 Å². The van der Waals surface area contributed by atoms with Gasteiger partial charge in [-0.2, -0.15) is 10.4 Å². The predicted molar refractivity (Wildman–Crippen MR) is 103 cm³/mol. The number of hydrogen-bond donors (Lipinski definition) is 1. The van der Waals surface area contributed by atoms with Crippen LogP contribution in [0.4, 0.5) is 0 Å². The second-order valence-corrected chi connectivity index (χ2v) is 6.58. The minimum Gasteiger partial charge on any atom is -0.422 e. The number of fused-ring (bicyclic) bond motifs is 1. The monoisotopic (exact) mass is 375 g/mol. The first-order chi connectivity index (χ1) is 13.6. The quantitative estimate of drug-likeness (QED) is 0.750. The SMILES string of the molecule is CCc1nn(C)c2c1C(c1ccc(-n3ccnc3CC)nc1)C(C#N)=C(N)O2. The summed E-state index contributed by atoms with van der Waals surface area (Å²) in [6.07, 6.45) is 6.97. The maximum atomic E-state index is 9.73. The third kappa shape index (κ3) is 2.63. The van der Waals surface area contributed by atoms with E-state index in [2.05, 4.69) is 28.1 Å². The summed E-state index contributed by atoms with van der Waals surface area (Å²) in [5, 5.41) is 14.3. The number of rotatable bonds is 4. The van der Waals surface area contributed by atoms with Crippen molar-refractivity contribution >= 4 is 0 Å². The Bertz CT molecular complexity index is 1100. The highest BCUT2D eigenvalue weighted by atomic mass is 16.5. The van der Waals surface area contributed by atoms with Gasteiger partial charge in [0, 0.05) is 32.1 Å². The lowest BCUT2D eigenvalue weighted by Crippen LogP contribution is -2.22. The van der Waals surface area contributed by atoms with Gasteiger partial charge in [0.15, 0.2) is 0 Å². The van der Waals surface area contributed by atoms with Crippen molar-refractivity contribution in [1.82, 2.24) is 24.3 Å². The van der Waals surface area contributed by atoms with Gasteiger partial charge in [-0.25, -0.2) is 14.6 Å². The van der Waals surface area contributed by atoms with E-state index in [0.717, 1.165) is 41.3 Å². The highest BCUT2D eigenvalue weighted by molar-refractivity contribution is 5.55. The van der Waals surface area contributed by atoms with E-state index in [4.69, 9.17) is 10.5 Å². The first kappa shape index (κ1) is 17.8. The van der Waals surface area contributed by atoms with Gasteiger partial charge in [-0.05, 0) is 18.1 Å². The van der Waals surface area contributed by atoms with Gasteiger partial charge in [0.05, 0.1) is 17.2 Å². The Morgan fingerprint density at radius 1 is 1.25 bits per heavy atom. The number of hydrogen-bond acceptors (Lipinski definition) is 6. The largest absolute Gasteiger partial charge is 0.422 e. The van der Waals surface area contributed by atoms with Gasteiger partial charge in [-0.1, -0.05) is 19.9 Å². The van der Waals surface area contributed by atoms with Gasteiger partial charge in [-0.3, -0.25) is 4.57 Å². The zero-order chi connectivity index (χ0) is 19.8. The average molecular weight is 375 g/mol. The van der Waals surface area contributed by atoms with Crippen molar-refractivity contribution in [3.63, 3.8) is 0 Å². The summed E-state index contributed by atoms with van der Waals surface area (Å²) in [4.78, 5) is 8.96. The number of aryl methyl sites for hydroxylation is 3. The van der Waals surface area contributed by atoms with E-state index in [9.17, 15) is 5.26 Å². The van der Waals surface area contributed by atoms with Gasteiger partial charge in [0.1, 0.15) is 23.3 Å². The van der Waals surface area contributed by atoms with Gasteiger partial charge < -0.3 is 10.5 Å². The number of pyridine rings is 1. The van der Waals surface area contributed by atoms with Gasteiger partial charge in [0.2, 0.25) is 11.8 Å².